The number of nitrogens with one attached hydrogen (secondary N) is 2. The van der Waals surface area contributed by atoms with E-state index in [0.29, 0.717) is 29.9 Å². The van der Waals surface area contributed by atoms with Crippen molar-refractivity contribution in [3.05, 3.63) is 36.3 Å². The molecule has 0 aromatic carbocycles. The summed E-state index contributed by atoms with van der Waals surface area (Å²) < 4.78 is 7.43. The van der Waals surface area contributed by atoms with Gasteiger partial charge in [0.1, 0.15) is 16.8 Å². The number of ether oxygens (including phenoxy) is 1. The van der Waals surface area contributed by atoms with Crippen molar-refractivity contribution in [3.63, 3.8) is 0 Å². The molecule has 4 aromatic rings. The summed E-state index contributed by atoms with van der Waals surface area (Å²) in [6.07, 6.45) is 1.82. The Kier molecular flexibility index (Phi) is 5.99. The van der Waals surface area contributed by atoms with E-state index in [1.807, 2.05) is 56.7 Å². The minimum Gasteiger partial charge on any atom is -0.443 e. The molecular weight excluding hydrogens is 434 g/mol. The second kappa shape index (κ2) is 8.77. The van der Waals surface area contributed by atoms with Crippen LogP contribution in [-0.4, -0.2) is 55.7 Å². The number of aryl methyl sites for hydroxylation is 1. The lowest BCUT2D eigenvalue weighted by atomic mass is 10.2. The summed E-state index contributed by atoms with van der Waals surface area (Å²) in [5.41, 5.74) is 3.86. The molecule has 178 valence electrons. The van der Waals surface area contributed by atoms with Crippen LogP contribution in [0.5, 0.6) is 0 Å². The van der Waals surface area contributed by atoms with Crippen molar-refractivity contribution >= 4 is 39.9 Å². The molecule has 0 aliphatic rings. The van der Waals surface area contributed by atoms with E-state index in [1.54, 1.807) is 13.4 Å². The lowest BCUT2D eigenvalue weighted by molar-refractivity contribution is -0.118. The third-order valence-corrected chi connectivity index (χ3v) is 5.24. The molecule has 2 amide bonds. The third-order valence-electron chi connectivity index (χ3n) is 5.24. The fourth-order valence-corrected chi connectivity index (χ4v) is 3.71. The number of carbonyl (C=O) groups is 2. The van der Waals surface area contributed by atoms with Crippen LogP contribution < -0.4 is 10.2 Å². The first-order valence-corrected chi connectivity index (χ1v) is 11.0. The lowest BCUT2D eigenvalue weighted by Gasteiger charge is -2.24. The molecule has 4 rings (SSSR count). The van der Waals surface area contributed by atoms with Crippen molar-refractivity contribution in [1.82, 2.24) is 29.8 Å². The summed E-state index contributed by atoms with van der Waals surface area (Å²) >= 11 is 0. The predicted octanol–water partition coefficient (Wildman–Crippen LogP) is 3.56. The molecule has 0 saturated heterocycles. The number of nitrogens with zero attached hydrogens (tertiary/aromatic N) is 5. The van der Waals surface area contributed by atoms with Crippen LogP contribution in [0.15, 0.2) is 30.6 Å². The highest BCUT2D eigenvalue weighted by Gasteiger charge is 2.25. The summed E-state index contributed by atoms with van der Waals surface area (Å²) in [5.74, 6) is 0.341. The number of pyridine rings is 2. The summed E-state index contributed by atoms with van der Waals surface area (Å²) in [5, 5.41) is 3.66. The van der Waals surface area contributed by atoms with Gasteiger partial charge in [-0.25, -0.2) is 14.8 Å². The monoisotopic (exact) mass is 463 g/mol. The number of carbonyl (C=O) groups excluding carboxylic acids is 2. The van der Waals surface area contributed by atoms with E-state index in [0.717, 1.165) is 28.0 Å². The molecule has 10 heteroatoms. The molecule has 0 unspecified atom stereocenters. The van der Waals surface area contributed by atoms with Gasteiger partial charge in [0.25, 0.3) is 0 Å². The number of aromatic amines is 1. The average molecular weight is 464 g/mol. The minimum absolute atomic E-state index is 0.0646. The summed E-state index contributed by atoms with van der Waals surface area (Å²) in [7, 11) is 3.53. The molecule has 0 radical (unpaired) electrons. The number of hydrogen-bond acceptors (Lipinski definition) is 6. The van der Waals surface area contributed by atoms with Gasteiger partial charge in [-0.2, -0.15) is 0 Å². The second-order valence-corrected chi connectivity index (χ2v) is 9.22. The zero-order chi connectivity index (χ0) is 24.6. The maximum atomic E-state index is 12.7. The van der Waals surface area contributed by atoms with E-state index in [4.69, 9.17) is 14.7 Å². The molecule has 2 N–H and O–H groups in total. The molecule has 4 heterocycles. The second-order valence-electron chi connectivity index (χ2n) is 9.22. The molecule has 0 fully saturated rings. The normalized spacial score (nSPS) is 11.7. The highest BCUT2D eigenvalue weighted by atomic mass is 16.6. The average Bonchev–Trinajstić information content (AvgIpc) is 3.35. The lowest BCUT2D eigenvalue weighted by Crippen LogP contribution is -2.34. The molecule has 34 heavy (non-hydrogen) atoms. The largest absolute Gasteiger partial charge is 0.443 e. The maximum absolute atomic E-state index is 12.7. The molecule has 0 aliphatic heterocycles. The van der Waals surface area contributed by atoms with Gasteiger partial charge in [0, 0.05) is 45.1 Å². The fraction of sp³-hybridized carbons (Fsp3) is 0.375. The zero-order valence-corrected chi connectivity index (χ0v) is 20.3. The van der Waals surface area contributed by atoms with Crippen LogP contribution in [-0.2, 0) is 23.0 Å². The van der Waals surface area contributed by atoms with E-state index in [2.05, 4.69) is 15.3 Å². The van der Waals surface area contributed by atoms with Crippen molar-refractivity contribution in [2.24, 2.45) is 7.05 Å². The minimum atomic E-state index is -0.630. The number of hydrogen-bond donors (Lipinski definition) is 2. The molecule has 0 spiro atoms. The summed E-state index contributed by atoms with van der Waals surface area (Å²) in [4.78, 5) is 42.5. The van der Waals surface area contributed by atoms with E-state index >= 15 is 0 Å². The zero-order valence-electron chi connectivity index (χ0n) is 20.3. The van der Waals surface area contributed by atoms with Crippen LogP contribution in [0.25, 0.3) is 33.5 Å². The Balaban J connectivity index is 1.75. The fourth-order valence-electron chi connectivity index (χ4n) is 3.71. The topological polar surface area (TPSA) is 118 Å². The number of fused-ring (bicyclic) bond motifs is 3. The number of H-pyrrole nitrogens is 1. The first kappa shape index (κ1) is 23.2. The molecular formula is C24H29N7O3. The van der Waals surface area contributed by atoms with Crippen LogP contribution in [0, 0.1) is 0 Å². The van der Waals surface area contributed by atoms with Gasteiger partial charge in [-0.05, 0) is 39.0 Å². The number of amides is 2. The first-order valence-electron chi connectivity index (χ1n) is 11.0. The Morgan fingerprint density at radius 1 is 1.24 bits per heavy atom. The van der Waals surface area contributed by atoms with E-state index in [-0.39, 0.29) is 5.91 Å². The van der Waals surface area contributed by atoms with Gasteiger partial charge in [-0.1, -0.05) is 6.07 Å². The van der Waals surface area contributed by atoms with Crippen LogP contribution in [0.1, 0.15) is 33.4 Å². The van der Waals surface area contributed by atoms with Crippen LogP contribution in [0.3, 0.4) is 0 Å². The standard InChI is InChI=1S/C24H29N7O3/c1-14(32)25-11-10-15-8-7-9-17(27-15)18-12-16-20-19(26-13-30(20)5)22(29-21(16)28-18)31(6)23(33)34-24(2,3)4/h7-9,12-13H,10-11H2,1-6H3,(H,25,32)(H,28,29). The first-order chi connectivity index (χ1) is 16.0. The van der Waals surface area contributed by atoms with Crippen LogP contribution in [0.4, 0.5) is 10.6 Å². The predicted molar refractivity (Wildman–Crippen MR) is 131 cm³/mol. The van der Waals surface area contributed by atoms with Gasteiger partial charge in [0.15, 0.2) is 5.82 Å². The summed E-state index contributed by atoms with van der Waals surface area (Å²) in [6.45, 7) is 7.48. The Morgan fingerprint density at radius 2 is 2.00 bits per heavy atom. The van der Waals surface area contributed by atoms with Crippen LogP contribution >= 0.6 is 0 Å². The highest BCUT2D eigenvalue weighted by Crippen LogP contribution is 2.33. The van der Waals surface area contributed by atoms with Crippen molar-refractivity contribution in [1.29, 1.82) is 0 Å². The molecule has 0 atom stereocenters. The van der Waals surface area contributed by atoms with Crippen molar-refractivity contribution in [2.75, 3.05) is 18.5 Å². The maximum Gasteiger partial charge on any atom is 0.415 e. The van der Waals surface area contributed by atoms with Gasteiger partial charge in [0.2, 0.25) is 5.91 Å². The van der Waals surface area contributed by atoms with Crippen molar-refractivity contribution in [2.45, 2.75) is 39.7 Å². The van der Waals surface area contributed by atoms with Gasteiger partial charge in [-0.15, -0.1) is 0 Å². The number of anilines is 1. The Morgan fingerprint density at radius 3 is 2.71 bits per heavy atom. The quantitative estimate of drug-likeness (QED) is 0.467. The smallest absolute Gasteiger partial charge is 0.415 e. The molecule has 10 nitrogen and oxygen atoms in total. The van der Waals surface area contributed by atoms with E-state index in [1.165, 1.54) is 11.8 Å². The third kappa shape index (κ3) is 4.70. The van der Waals surface area contributed by atoms with Crippen molar-refractivity contribution in [3.8, 4) is 11.4 Å². The number of imidazole rings is 1. The molecule has 0 bridgehead atoms. The Bertz CT molecular complexity index is 1380. The van der Waals surface area contributed by atoms with Crippen LogP contribution in [0.2, 0.25) is 0 Å². The van der Waals surface area contributed by atoms with Gasteiger partial charge in [-0.3, -0.25) is 14.7 Å². The Hall–Kier alpha value is -3.95. The molecule has 0 saturated carbocycles. The highest BCUT2D eigenvalue weighted by molar-refractivity contribution is 6.09. The van der Waals surface area contributed by atoms with Gasteiger partial charge >= 0.3 is 6.09 Å². The number of rotatable bonds is 5. The SMILES string of the molecule is CC(=O)NCCc1cccc(-c2cc3c(nc(N(C)C(=O)OC(C)(C)C)c4ncn(C)c43)[nH]2)n1. The van der Waals surface area contributed by atoms with Gasteiger partial charge in [0.05, 0.1) is 23.2 Å². The van der Waals surface area contributed by atoms with E-state index < -0.39 is 11.7 Å². The molecule has 0 aliphatic carbocycles. The van der Waals surface area contributed by atoms with E-state index in [9.17, 15) is 9.59 Å². The number of aromatic nitrogens is 5. The van der Waals surface area contributed by atoms with Gasteiger partial charge < -0.3 is 19.6 Å². The Labute approximate surface area is 197 Å². The molecule has 4 aromatic heterocycles. The summed E-state index contributed by atoms with van der Waals surface area (Å²) in [6, 6.07) is 7.77. The van der Waals surface area contributed by atoms with Crippen molar-refractivity contribution < 1.29 is 14.3 Å².